The van der Waals surface area contributed by atoms with E-state index in [9.17, 15) is 8.42 Å². The molecule has 0 spiro atoms. The fourth-order valence-electron chi connectivity index (χ4n) is 2.70. The molecule has 0 amide bonds. The van der Waals surface area contributed by atoms with Crippen molar-refractivity contribution in [2.24, 2.45) is 0 Å². The van der Waals surface area contributed by atoms with Gasteiger partial charge in [0.05, 0.1) is 17.6 Å². The Morgan fingerprint density at radius 3 is 2.46 bits per heavy atom. The lowest BCUT2D eigenvalue weighted by atomic mass is 10.2. The van der Waals surface area contributed by atoms with Gasteiger partial charge in [0.2, 0.25) is 10.0 Å². The number of hydrogen-bond donors (Lipinski definition) is 0. The van der Waals surface area contributed by atoms with Crippen molar-refractivity contribution in [2.45, 2.75) is 31.2 Å². The summed E-state index contributed by atoms with van der Waals surface area (Å²) < 4.78 is 38.1. The molecule has 2 aromatic carbocycles. The van der Waals surface area contributed by atoms with Crippen molar-refractivity contribution in [3.63, 3.8) is 0 Å². The van der Waals surface area contributed by atoms with E-state index in [1.165, 1.54) is 23.5 Å². The van der Waals surface area contributed by atoms with Crippen LogP contribution in [0.1, 0.15) is 31.2 Å². The number of nitrogens with zero attached hydrogens (tertiary/aromatic N) is 3. The molecule has 28 heavy (non-hydrogen) atoms. The van der Waals surface area contributed by atoms with Crippen molar-refractivity contribution in [3.05, 3.63) is 59.9 Å². The van der Waals surface area contributed by atoms with E-state index < -0.39 is 10.0 Å². The number of methoxy groups -OCH3 is 1. The molecule has 0 bridgehead atoms. The van der Waals surface area contributed by atoms with Crippen molar-refractivity contribution in [1.82, 2.24) is 14.4 Å². The third kappa shape index (κ3) is 4.07. The van der Waals surface area contributed by atoms with E-state index in [1.54, 1.807) is 13.1 Å². The molecule has 0 atom stereocenters. The summed E-state index contributed by atoms with van der Waals surface area (Å²) in [4.78, 5) is 4.49. The Kier molecular flexibility index (Phi) is 5.81. The Hall–Kier alpha value is -2.71. The van der Waals surface area contributed by atoms with E-state index in [0.717, 1.165) is 5.56 Å². The second-order valence-electron chi connectivity index (χ2n) is 6.72. The average Bonchev–Trinajstić information content (AvgIpc) is 3.18. The molecule has 0 fully saturated rings. The molecule has 3 aromatic rings. The zero-order chi connectivity index (χ0) is 20.3. The van der Waals surface area contributed by atoms with Gasteiger partial charge in [0, 0.05) is 19.5 Å². The number of hydrogen-bond acceptors (Lipinski definition) is 6. The van der Waals surface area contributed by atoms with Crippen LogP contribution in [0.15, 0.2) is 57.9 Å². The topological polar surface area (TPSA) is 85.5 Å². The standard InChI is InChI=1S/C20H23N3O4S/c1-14(2)19-21-20(27-22-19)17-12-16(10-11-18(17)26-4)28(24,25)23(3)13-15-8-6-5-7-9-15/h5-12,14H,13H2,1-4H3. The van der Waals surface area contributed by atoms with Gasteiger partial charge in [-0.3, -0.25) is 0 Å². The maximum Gasteiger partial charge on any atom is 0.261 e. The van der Waals surface area contributed by atoms with Crippen LogP contribution in [0.4, 0.5) is 0 Å². The number of aromatic nitrogens is 2. The summed E-state index contributed by atoms with van der Waals surface area (Å²) in [6, 6.07) is 14.0. The first-order chi connectivity index (χ1) is 13.3. The van der Waals surface area contributed by atoms with Crippen LogP contribution in [0.25, 0.3) is 11.5 Å². The van der Waals surface area contributed by atoms with Gasteiger partial charge in [-0.05, 0) is 23.8 Å². The summed E-state index contributed by atoms with van der Waals surface area (Å²) in [5.74, 6) is 1.32. The SMILES string of the molecule is COc1ccc(S(=O)(=O)N(C)Cc2ccccc2)cc1-c1nc(C(C)C)no1. The fraction of sp³-hybridized carbons (Fsp3) is 0.300. The second kappa shape index (κ2) is 8.12. The van der Waals surface area contributed by atoms with E-state index in [1.807, 2.05) is 44.2 Å². The fourth-order valence-corrected chi connectivity index (χ4v) is 3.88. The molecule has 3 rings (SSSR count). The van der Waals surface area contributed by atoms with Crippen LogP contribution >= 0.6 is 0 Å². The van der Waals surface area contributed by atoms with Gasteiger partial charge in [0.15, 0.2) is 5.82 Å². The van der Waals surface area contributed by atoms with Crippen LogP contribution in [0, 0.1) is 0 Å². The minimum absolute atomic E-state index is 0.0902. The first-order valence-electron chi connectivity index (χ1n) is 8.85. The highest BCUT2D eigenvalue weighted by Crippen LogP contribution is 2.32. The smallest absolute Gasteiger partial charge is 0.261 e. The van der Waals surface area contributed by atoms with Gasteiger partial charge in [0.25, 0.3) is 5.89 Å². The molecule has 148 valence electrons. The summed E-state index contributed by atoms with van der Waals surface area (Å²) in [5.41, 5.74) is 1.34. The molecule has 1 heterocycles. The monoisotopic (exact) mass is 401 g/mol. The molecule has 8 heteroatoms. The Morgan fingerprint density at radius 2 is 1.86 bits per heavy atom. The van der Waals surface area contributed by atoms with Gasteiger partial charge in [-0.1, -0.05) is 49.3 Å². The van der Waals surface area contributed by atoms with Gasteiger partial charge in [-0.25, -0.2) is 8.42 Å². The molecule has 0 unspecified atom stereocenters. The Balaban J connectivity index is 1.97. The summed E-state index contributed by atoms with van der Waals surface area (Å²) in [6.07, 6.45) is 0. The quantitative estimate of drug-likeness (QED) is 0.600. The lowest BCUT2D eigenvalue weighted by Gasteiger charge is -2.18. The molecule has 0 aliphatic rings. The molecule has 0 N–H and O–H groups in total. The van der Waals surface area contributed by atoms with Crippen LogP contribution in [0.3, 0.4) is 0 Å². The minimum atomic E-state index is -3.71. The zero-order valence-corrected chi connectivity index (χ0v) is 17.1. The van der Waals surface area contributed by atoms with Gasteiger partial charge in [-0.2, -0.15) is 9.29 Å². The summed E-state index contributed by atoms with van der Waals surface area (Å²) in [7, 11) is -0.655. The van der Waals surface area contributed by atoms with Crippen LogP contribution in [-0.4, -0.2) is 37.0 Å². The third-order valence-electron chi connectivity index (χ3n) is 4.32. The van der Waals surface area contributed by atoms with E-state index >= 15 is 0 Å². The van der Waals surface area contributed by atoms with Crippen LogP contribution in [0.2, 0.25) is 0 Å². The van der Waals surface area contributed by atoms with Crippen LogP contribution in [-0.2, 0) is 16.6 Å². The predicted octanol–water partition coefficient (Wildman–Crippen LogP) is 3.69. The lowest BCUT2D eigenvalue weighted by molar-refractivity contribution is 0.401. The van der Waals surface area contributed by atoms with Crippen molar-refractivity contribution in [2.75, 3.05) is 14.2 Å². The summed E-state index contributed by atoms with van der Waals surface area (Å²) >= 11 is 0. The number of ether oxygens (including phenoxy) is 1. The Morgan fingerprint density at radius 1 is 1.14 bits per heavy atom. The maximum atomic E-state index is 13.1. The highest BCUT2D eigenvalue weighted by molar-refractivity contribution is 7.89. The molecular weight excluding hydrogens is 378 g/mol. The molecule has 7 nitrogen and oxygen atoms in total. The van der Waals surface area contributed by atoms with Gasteiger partial charge in [-0.15, -0.1) is 0 Å². The highest BCUT2D eigenvalue weighted by atomic mass is 32.2. The second-order valence-corrected chi connectivity index (χ2v) is 8.77. The van der Waals surface area contributed by atoms with Gasteiger partial charge in [0.1, 0.15) is 5.75 Å². The largest absolute Gasteiger partial charge is 0.496 e. The van der Waals surface area contributed by atoms with E-state index in [-0.39, 0.29) is 23.2 Å². The lowest BCUT2D eigenvalue weighted by Crippen LogP contribution is -2.26. The summed E-state index contributed by atoms with van der Waals surface area (Å²) in [5, 5.41) is 3.95. The van der Waals surface area contributed by atoms with E-state index in [0.29, 0.717) is 17.1 Å². The molecule has 0 saturated carbocycles. The van der Waals surface area contributed by atoms with Crippen molar-refractivity contribution in [1.29, 1.82) is 0 Å². The van der Waals surface area contributed by atoms with Crippen molar-refractivity contribution >= 4 is 10.0 Å². The first-order valence-corrected chi connectivity index (χ1v) is 10.3. The number of benzene rings is 2. The average molecular weight is 401 g/mol. The van der Waals surface area contributed by atoms with Crippen molar-refractivity contribution < 1.29 is 17.7 Å². The Bertz CT molecular complexity index is 1050. The maximum absolute atomic E-state index is 13.1. The molecule has 0 radical (unpaired) electrons. The van der Waals surface area contributed by atoms with Crippen LogP contribution in [0.5, 0.6) is 5.75 Å². The first kappa shape index (κ1) is 20.0. The molecule has 0 aliphatic carbocycles. The molecule has 0 saturated heterocycles. The van der Waals surface area contributed by atoms with E-state index in [4.69, 9.17) is 9.26 Å². The molecule has 0 aliphatic heterocycles. The highest BCUT2D eigenvalue weighted by Gasteiger charge is 2.24. The normalized spacial score (nSPS) is 11.9. The predicted molar refractivity (Wildman–Crippen MR) is 105 cm³/mol. The summed E-state index contributed by atoms with van der Waals surface area (Å²) in [6.45, 7) is 4.17. The Labute approximate surface area is 165 Å². The molecule has 1 aromatic heterocycles. The van der Waals surface area contributed by atoms with Crippen molar-refractivity contribution in [3.8, 4) is 17.2 Å². The third-order valence-corrected chi connectivity index (χ3v) is 6.12. The number of rotatable bonds is 7. The zero-order valence-electron chi connectivity index (χ0n) is 16.3. The van der Waals surface area contributed by atoms with E-state index in [2.05, 4.69) is 10.1 Å². The van der Waals surface area contributed by atoms with Gasteiger partial charge >= 0.3 is 0 Å². The van der Waals surface area contributed by atoms with Crippen LogP contribution < -0.4 is 4.74 Å². The minimum Gasteiger partial charge on any atom is -0.496 e. The number of sulfonamides is 1. The molecular formula is C20H23N3O4S. The van der Waals surface area contributed by atoms with Gasteiger partial charge < -0.3 is 9.26 Å².